The lowest BCUT2D eigenvalue weighted by molar-refractivity contribution is -0.113. The third-order valence-corrected chi connectivity index (χ3v) is 6.54. The van der Waals surface area contributed by atoms with Gasteiger partial charge in [-0.15, -0.1) is 11.8 Å². The van der Waals surface area contributed by atoms with Crippen LogP contribution in [0.25, 0.3) is 16.9 Å². The van der Waals surface area contributed by atoms with E-state index in [1.54, 1.807) is 18.9 Å². The number of benzene rings is 3. The normalized spacial score (nSPS) is 15.6. The number of fused-ring (bicyclic) bond motifs is 1. The third-order valence-electron chi connectivity index (χ3n) is 5.29. The molecule has 0 bridgehead atoms. The summed E-state index contributed by atoms with van der Waals surface area (Å²) in [6, 6.07) is 28.0. The molecule has 4 aromatic rings. The highest BCUT2D eigenvalue weighted by Gasteiger charge is 2.33. The first-order chi connectivity index (χ1) is 15.3. The fourth-order valence-electron chi connectivity index (χ4n) is 3.90. The Labute approximate surface area is 185 Å². The smallest absolute Gasteiger partial charge is 0.235 e. The molecule has 1 aliphatic rings. The Bertz CT molecular complexity index is 1220. The average Bonchev–Trinajstić information content (AvgIpc) is 3.10. The number of rotatable bonds is 4. The van der Waals surface area contributed by atoms with Gasteiger partial charge in [-0.1, -0.05) is 66.7 Å². The van der Waals surface area contributed by atoms with Gasteiger partial charge in [0.1, 0.15) is 11.6 Å². The molecule has 1 atom stereocenters. The second kappa shape index (κ2) is 8.32. The Morgan fingerprint density at radius 3 is 2.39 bits per heavy atom. The van der Waals surface area contributed by atoms with E-state index in [4.69, 9.17) is 9.84 Å². The van der Waals surface area contributed by atoms with Gasteiger partial charge in [-0.25, -0.2) is 4.68 Å². The summed E-state index contributed by atoms with van der Waals surface area (Å²) >= 11 is 1.59. The summed E-state index contributed by atoms with van der Waals surface area (Å²) in [6.45, 7) is 0. The van der Waals surface area contributed by atoms with Crippen LogP contribution in [0.5, 0.6) is 5.75 Å². The van der Waals surface area contributed by atoms with Crippen LogP contribution < -0.4 is 10.1 Å². The average molecular weight is 428 g/mol. The van der Waals surface area contributed by atoms with Crippen LogP contribution in [-0.4, -0.2) is 28.6 Å². The number of anilines is 1. The van der Waals surface area contributed by atoms with Crippen LogP contribution in [-0.2, 0) is 4.79 Å². The molecule has 5 nitrogen and oxygen atoms in total. The van der Waals surface area contributed by atoms with Crippen molar-refractivity contribution in [2.45, 2.75) is 5.25 Å². The summed E-state index contributed by atoms with van der Waals surface area (Å²) < 4.78 is 7.51. The maximum atomic E-state index is 12.7. The number of nitrogens with one attached hydrogen (secondary N) is 1. The first kappa shape index (κ1) is 19.5. The Morgan fingerprint density at radius 2 is 1.65 bits per heavy atom. The zero-order chi connectivity index (χ0) is 21.2. The van der Waals surface area contributed by atoms with Crippen molar-refractivity contribution in [2.24, 2.45) is 0 Å². The van der Waals surface area contributed by atoms with E-state index >= 15 is 0 Å². The number of nitrogens with zero attached hydrogens (tertiary/aromatic N) is 2. The van der Waals surface area contributed by atoms with Crippen molar-refractivity contribution in [1.29, 1.82) is 0 Å². The number of para-hydroxylation sites is 2. The number of carbonyl (C=O) groups is 1. The number of hydrogen-bond acceptors (Lipinski definition) is 4. The molecule has 0 unspecified atom stereocenters. The first-order valence-corrected chi connectivity index (χ1v) is 11.1. The minimum absolute atomic E-state index is 0.0414. The number of amides is 1. The van der Waals surface area contributed by atoms with Crippen molar-refractivity contribution in [3.63, 3.8) is 0 Å². The maximum Gasteiger partial charge on any atom is 0.235 e. The maximum absolute atomic E-state index is 12.7. The van der Waals surface area contributed by atoms with Crippen LogP contribution in [0, 0.1) is 0 Å². The van der Waals surface area contributed by atoms with E-state index in [1.165, 1.54) is 0 Å². The molecular weight excluding hydrogens is 406 g/mol. The first-order valence-electron chi connectivity index (χ1n) is 10.0. The molecule has 3 aromatic carbocycles. The van der Waals surface area contributed by atoms with Gasteiger partial charge >= 0.3 is 0 Å². The quantitative estimate of drug-likeness (QED) is 0.479. The Hall–Kier alpha value is -3.51. The highest BCUT2D eigenvalue weighted by atomic mass is 32.2. The van der Waals surface area contributed by atoms with E-state index in [2.05, 4.69) is 23.5 Å². The summed E-state index contributed by atoms with van der Waals surface area (Å²) in [7, 11) is 1.68. The zero-order valence-electron chi connectivity index (χ0n) is 17.0. The molecule has 0 spiro atoms. The van der Waals surface area contributed by atoms with Gasteiger partial charge in [-0.05, 0) is 18.2 Å². The van der Waals surface area contributed by atoms with Crippen LogP contribution in [0.3, 0.4) is 0 Å². The summed E-state index contributed by atoms with van der Waals surface area (Å²) in [4.78, 5) is 12.7. The van der Waals surface area contributed by atoms with Crippen LogP contribution >= 0.6 is 11.8 Å². The molecule has 1 aromatic heterocycles. The number of thioether (sulfide) groups is 1. The highest BCUT2D eigenvalue weighted by molar-refractivity contribution is 8.00. The number of ether oxygens (including phenoxy) is 1. The molecule has 2 heterocycles. The van der Waals surface area contributed by atoms with E-state index in [1.807, 2.05) is 71.4 Å². The molecule has 0 saturated carbocycles. The van der Waals surface area contributed by atoms with E-state index in [9.17, 15) is 4.79 Å². The number of aromatic nitrogens is 2. The van der Waals surface area contributed by atoms with Gasteiger partial charge < -0.3 is 10.1 Å². The van der Waals surface area contributed by atoms with Gasteiger partial charge in [-0.2, -0.15) is 5.10 Å². The van der Waals surface area contributed by atoms with Crippen molar-refractivity contribution in [2.75, 3.05) is 18.2 Å². The van der Waals surface area contributed by atoms with Gasteiger partial charge in [0, 0.05) is 16.7 Å². The molecule has 0 fully saturated rings. The Kier molecular flexibility index (Phi) is 5.22. The highest BCUT2D eigenvalue weighted by Crippen LogP contribution is 2.48. The van der Waals surface area contributed by atoms with Crippen molar-refractivity contribution in [3.8, 4) is 22.7 Å². The van der Waals surface area contributed by atoms with Crippen LogP contribution in [0.15, 0.2) is 84.9 Å². The van der Waals surface area contributed by atoms with Gasteiger partial charge in [-0.3, -0.25) is 4.79 Å². The number of methoxy groups -OCH3 is 1. The van der Waals surface area contributed by atoms with Gasteiger partial charge in [0.15, 0.2) is 0 Å². The van der Waals surface area contributed by atoms with Crippen molar-refractivity contribution in [3.05, 3.63) is 96.1 Å². The van der Waals surface area contributed by atoms with E-state index in [-0.39, 0.29) is 11.2 Å². The monoisotopic (exact) mass is 427 g/mol. The fraction of sp³-hybridized carbons (Fsp3) is 0.120. The fourth-order valence-corrected chi connectivity index (χ4v) is 5.06. The molecule has 0 radical (unpaired) electrons. The van der Waals surface area contributed by atoms with Crippen LogP contribution in [0.2, 0.25) is 0 Å². The molecule has 31 heavy (non-hydrogen) atoms. The predicted molar refractivity (Wildman–Crippen MR) is 125 cm³/mol. The minimum Gasteiger partial charge on any atom is -0.496 e. The molecule has 154 valence electrons. The Balaban J connectivity index is 1.81. The van der Waals surface area contributed by atoms with Gasteiger partial charge in [0.25, 0.3) is 0 Å². The van der Waals surface area contributed by atoms with E-state index in [0.717, 1.165) is 33.8 Å². The second-order valence-electron chi connectivity index (χ2n) is 7.21. The van der Waals surface area contributed by atoms with E-state index < -0.39 is 0 Å². The van der Waals surface area contributed by atoms with E-state index in [0.29, 0.717) is 11.6 Å². The molecule has 5 rings (SSSR count). The van der Waals surface area contributed by atoms with Gasteiger partial charge in [0.05, 0.1) is 29.5 Å². The largest absolute Gasteiger partial charge is 0.496 e. The summed E-state index contributed by atoms with van der Waals surface area (Å²) in [5.41, 5.74) is 4.76. The molecule has 1 N–H and O–H groups in total. The predicted octanol–water partition coefficient (Wildman–Crippen LogP) is 5.32. The summed E-state index contributed by atoms with van der Waals surface area (Å²) in [6.07, 6.45) is 0. The standard InChI is InChI=1S/C25H21N3O2S/c1-30-20-15-9-8-14-19(20)24-22-23(17-10-4-2-5-11-17)27-28(18-12-6-3-7-13-18)25(22)26-21(29)16-31-24/h2-15,24H,16H2,1H3,(H,26,29)/t24-/m1/s1. The zero-order valence-corrected chi connectivity index (χ0v) is 17.8. The van der Waals surface area contributed by atoms with Crippen molar-refractivity contribution < 1.29 is 9.53 Å². The third kappa shape index (κ3) is 3.59. The molecule has 0 aliphatic carbocycles. The molecular formula is C25H21N3O2S. The molecule has 1 amide bonds. The second-order valence-corrected chi connectivity index (χ2v) is 8.30. The van der Waals surface area contributed by atoms with Crippen molar-refractivity contribution >= 4 is 23.5 Å². The minimum atomic E-state index is -0.113. The SMILES string of the molecule is COc1ccccc1[C@H]1SCC(=O)Nc2c1c(-c1ccccc1)nn2-c1ccccc1. The molecule has 0 saturated heterocycles. The topological polar surface area (TPSA) is 56.1 Å². The van der Waals surface area contributed by atoms with Gasteiger partial charge in [0.2, 0.25) is 5.91 Å². The van der Waals surface area contributed by atoms with Crippen molar-refractivity contribution in [1.82, 2.24) is 9.78 Å². The van der Waals surface area contributed by atoms with Crippen LogP contribution in [0.1, 0.15) is 16.4 Å². The summed E-state index contributed by atoms with van der Waals surface area (Å²) in [5.74, 6) is 1.81. The number of carbonyl (C=O) groups excluding carboxylic acids is 1. The number of hydrogen-bond donors (Lipinski definition) is 1. The lowest BCUT2D eigenvalue weighted by Gasteiger charge is -2.19. The summed E-state index contributed by atoms with van der Waals surface area (Å²) in [5, 5.41) is 7.99. The molecule has 6 heteroatoms. The lowest BCUT2D eigenvalue weighted by Crippen LogP contribution is -2.15. The Morgan fingerprint density at radius 1 is 0.968 bits per heavy atom. The lowest BCUT2D eigenvalue weighted by atomic mass is 9.99. The molecule has 1 aliphatic heterocycles. The van der Waals surface area contributed by atoms with Crippen LogP contribution in [0.4, 0.5) is 5.82 Å².